The van der Waals surface area contributed by atoms with Crippen LogP contribution in [0, 0.1) is 0 Å². The molecule has 25 heavy (non-hydrogen) atoms. The van der Waals surface area contributed by atoms with Crippen LogP contribution in [0.1, 0.15) is 17.3 Å². The largest absolute Gasteiger partial charge is 0.449 e. The number of esters is 1. The summed E-state index contributed by atoms with van der Waals surface area (Å²) in [5.74, 6) is -0.902. The van der Waals surface area contributed by atoms with Gasteiger partial charge in [-0.25, -0.2) is 4.79 Å². The number of carbonyl (C=O) groups is 2. The monoisotopic (exact) mass is 397 g/mol. The minimum atomic E-state index is -0.900. The van der Waals surface area contributed by atoms with E-state index in [1.165, 1.54) is 0 Å². The number of hydrogen-bond donors (Lipinski definition) is 1. The molecule has 0 saturated carbocycles. The molecule has 0 aliphatic carbocycles. The average molecular weight is 398 g/mol. The third-order valence-corrected chi connectivity index (χ3v) is 4.28. The zero-order chi connectivity index (χ0) is 17.8. The Balaban J connectivity index is 1.66. The van der Waals surface area contributed by atoms with Crippen LogP contribution in [0.3, 0.4) is 0 Å². The highest BCUT2D eigenvalue weighted by Gasteiger charge is 2.19. The number of nitrogens with one attached hydrogen (secondary N) is 1. The van der Waals surface area contributed by atoms with Gasteiger partial charge in [-0.3, -0.25) is 4.79 Å². The average Bonchev–Trinajstić information content (AvgIpc) is 2.63. The van der Waals surface area contributed by atoms with E-state index in [1.54, 1.807) is 31.2 Å². The van der Waals surface area contributed by atoms with Crippen molar-refractivity contribution in [3.8, 4) is 0 Å². The van der Waals surface area contributed by atoms with Gasteiger partial charge in [0.25, 0.3) is 5.91 Å². The maximum atomic E-state index is 12.3. The molecule has 0 bridgehead atoms. The molecule has 3 aromatic carbocycles. The van der Waals surface area contributed by atoms with Gasteiger partial charge >= 0.3 is 5.97 Å². The molecule has 0 saturated heterocycles. The van der Waals surface area contributed by atoms with Gasteiger partial charge in [0.15, 0.2) is 6.10 Å². The summed E-state index contributed by atoms with van der Waals surface area (Å²) in [4.78, 5) is 24.5. The van der Waals surface area contributed by atoms with Gasteiger partial charge in [-0.1, -0.05) is 46.3 Å². The molecule has 1 amide bonds. The summed E-state index contributed by atoms with van der Waals surface area (Å²) in [6.07, 6.45) is -0.900. The quantitative estimate of drug-likeness (QED) is 0.644. The van der Waals surface area contributed by atoms with E-state index in [1.807, 2.05) is 42.5 Å². The summed E-state index contributed by atoms with van der Waals surface area (Å²) in [6.45, 7) is 1.55. The van der Waals surface area contributed by atoms with Crippen molar-refractivity contribution < 1.29 is 14.3 Å². The third kappa shape index (κ3) is 4.25. The first-order valence-electron chi connectivity index (χ1n) is 7.79. The van der Waals surface area contributed by atoms with Crippen molar-refractivity contribution in [2.75, 3.05) is 5.32 Å². The molecule has 0 aliphatic heterocycles. The molecule has 0 aliphatic rings. The number of ether oxygens (including phenoxy) is 1. The van der Waals surface area contributed by atoms with Crippen molar-refractivity contribution in [1.82, 2.24) is 0 Å². The molecule has 0 unspecified atom stereocenters. The van der Waals surface area contributed by atoms with Crippen LogP contribution >= 0.6 is 15.9 Å². The van der Waals surface area contributed by atoms with Crippen LogP contribution in [0.25, 0.3) is 10.8 Å². The predicted molar refractivity (Wildman–Crippen MR) is 102 cm³/mol. The second-order valence-corrected chi connectivity index (χ2v) is 6.52. The Kier molecular flexibility index (Phi) is 5.14. The van der Waals surface area contributed by atoms with Crippen LogP contribution in [0.2, 0.25) is 0 Å². The van der Waals surface area contributed by atoms with Crippen LogP contribution in [-0.4, -0.2) is 18.0 Å². The van der Waals surface area contributed by atoms with Gasteiger partial charge in [-0.15, -0.1) is 0 Å². The summed E-state index contributed by atoms with van der Waals surface area (Å²) in [5.41, 5.74) is 1.06. The smallest absolute Gasteiger partial charge is 0.338 e. The van der Waals surface area contributed by atoms with Gasteiger partial charge in [0.05, 0.1) is 5.56 Å². The number of benzene rings is 3. The normalized spacial score (nSPS) is 11.8. The number of hydrogen-bond acceptors (Lipinski definition) is 3. The second kappa shape index (κ2) is 7.49. The van der Waals surface area contributed by atoms with Gasteiger partial charge in [0, 0.05) is 10.2 Å². The lowest BCUT2D eigenvalue weighted by Crippen LogP contribution is -2.30. The molecule has 1 N–H and O–H groups in total. The zero-order valence-corrected chi connectivity index (χ0v) is 15.1. The van der Waals surface area contributed by atoms with Crippen LogP contribution in [-0.2, 0) is 9.53 Å². The van der Waals surface area contributed by atoms with Gasteiger partial charge in [0.1, 0.15) is 0 Å². The Morgan fingerprint density at radius 3 is 2.36 bits per heavy atom. The fourth-order valence-corrected chi connectivity index (χ4v) is 2.64. The summed E-state index contributed by atoms with van der Waals surface area (Å²) in [6, 6.07) is 20.2. The van der Waals surface area contributed by atoms with Crippen molar-refractivity contribution in [1.29, 1.82) is 0 Å². The number of fused-ring (bicyclic) bond motifs is 1. The van der Waals surface area contributed by atoms with E-state index < -0.39 is 12.1 Å². The van der Waals surface area contributed by atoms with E-state index in [2.05, 4.69) is 21.2 Å². The van der Waals surface area contributed by atoms with Crippen molar-refractivity contribution in [2.45, 2.75) is 13.0 Å². The van der Waals surface area contributed by atoms with Gasteiger partial charge in [-0.2, -0.15) is 0 Å². The van der Waals surface area contributed by atoms with E-state index in [0.717, 1.165) is 15.2 Å². The number of rotatable bonds is 4. The molecule has 3 rings (SSSR count). The lowest BCUT2D eigenvalue weighted by molar-refractivity contribution is -0.123. The lowest BCUT2D eigenvalue weighted by atomic mass is 10.1. The van der Waals surface area contributed by atoms with Crippen molar-refractivity contribution in [3.63, 3.8) is 0 Å². The van der Waals surface area contributed by atoms with Crippen molar-refractivity contribution in [3.05, 3.63) is 76.8 Å². The Bertz CT molecular complexity index is 922. The van der Waals surface area contributed by atoms with Crippen molar-refractivity contribution in [2.24, 2.45) is 0 Å². The molecule has 0 aromatic heterocycles. The predicted octanol–water partition coefficient (Wildman–Crippen LogP) is 4.79. The first-order valence-corrected chi connectivity index (χ1v) is 8.58. The molecule has 126 valence electrons. The molecule has 5 heteroatoms. The molecular weight excluding hydrogens is 382 g/mol. The summed E-state index contributed by atoms with van der Waals surface area (Å²) in [7, 11) is 0. The van der Waals surface area contributed by atoms with Crippen LogP contribution in [0.5, 0.6) is 0 Å². The molecule has 1 atom stereocenters. The maximum Gasteiger partial charge on any atom is 0.338 e. The van der Waals surface area contributed by atoms with Gasteiger partial charge in [-0.05, 0) is 54.1 Å². The van der Waals surface area contributed by atoms with Crippen LogP contribution in [0.15, 0.2) is 71.2 Å². The van der Waals surface area contributed by atoms with E-state index in [9.17, 15) is 9.59 Å². The van der Waals surface area contributed by atoms with Crippen LogP contribution in [0.4, 0.5) is 5.69 Å². The Morgan fingerprint density at radius 1 is 0.960 bits per heavy atom. The molecule has 0 heterocycles. The topological polar surface area (TPSA) is 55.4 Å². The van der Waals surface area contributed by atoms with Crippen LogP contribution < -0.4 is 5.32 Å². The summed E-state index contributed by atoms with van der Waals surface area (Å²) in [5, 5.41) is 4.71. The number of amides is 1. The fourth-order valence-electron chi connectivity index (χ4n) is 2.38. The summed E-state index contributed by atoms with van der Waals surface area (Å²) >= 11 is 3.33. The molecule has 4 nitrogen and oxygen atoms in total. The maximum absolute atomic E-state index is 12.3. The minimum Gasteiger partial charge on any atom is -0.449 e. The third-order valence-electron chi connectivity index (χ3n) is 3.75. The lowest BCUT2D eigenvalue weighted by Gasteiger charge is -2.14. The molecule has 3 aromatic rings. The number of halogens is 1. The van der Waals surface area contributed by atoms with Gasteiger partial charge < -0.3 is 10.1 Å². The highest BCUT2D eigenvalue weighted by Crippen LogP contribution is 2.17. The molecule has 0 fully saturated rings. The second-order valence-electron chi connectivity index (χ2n) is 5.61. The highest BCUT2D eigenvalue weighted by atomic mass is 79.9. The van der Waals surface area contributed by atoms with E-state index in [4.69, 9.17) is 4.74 Å². The Morgan fingerprint density at radius 2 is 1.64 bits per heavy atom. The van der Waals surface area contributed by atoms with Crippen molar-refractivity contribution >= 4 is 44.3 Å². The molecule has 0 radical (unpaired) electrons. The Hall–Kier alpha value is -2.66. The summed E-state index contributed by atoms with van der Waals surface area (Å²) < 4.78 is 6.20. The van der Waals surface area contributed by atoms with Gasteiger partial charge in [0.2, 0.25) is 0 Å². The van der Waals surface area contributed by atoms with E-state index in [-0.39, 0.29) is 5.91 Å². The first kappa shape index (κ1) is 17.2. The molecule has 0 spiro atoms. The minimum absolute atomic E-state index is 0.378. The first-order chi connectivity index (χ1) is 12.0. The highest BCUT2D eigenvalue weighted by molar-refractivity contribution is 9.10. The van der Waals surface area contributed by atoms with E-state index in [0.29, 0.717) is 11.3 Å². The zero-order valence-electron chi connectivity index (χ0n) is 13.5. The SMILES string of the molecule is C[C@@H](OC(=O)c1ccc2ccccc2c1)C(=O)Nc1ccc(Br)cc1. The standard InChI is InChI=1S/C20H16BrNO3/c1-13(19(23)22-18-10-8-17(21)9-11-18)25-20(24)16-7-6-14-4-2-3-5-15(14)12-16/h2-13H,1H3,(H,22,23)/t13-/m1/s1. The number of carbonyl (C=O) groups excluding carboxylic acids is 2. The number of anilines is 1. The molecular formula is C20H16BrNO3. The fraction of sp³-hybridized carbons (Fsp3) is 0.100. The van der Waals surface area contributed by atoms with E-state index >= 15 is 0 Å². The Labute approximate surface area is 153 Å².